The SMILES string of the molecule is COc1cccc(Nc2nc(C)cc(C(=O)N3c4ccccc4CC3C)n2)c1. The third-order valence-corrected chi connectivity index (χ3v) is 4.83. The van der Waals surface area contributed by atoms with Crippen molar-refractivity contribution in [3.63, 3.8) is 0 Å². The first-order chi connectivity index (χ1) is 13.5. The van der Waals surface area contributed by atoms with E-state index in [1.54, 1.807) is 13.2 Å². The maximum Gasteiger partial charge on any atom is 0.277 e. The molecule has 142 valence electrons. The van der Waals surface area contributed by atoms with E-state index >= 15 is 0 Å². The average molecular weight is 374 g/mol. The summed E-state index contributed by atoms with van der Waals surface area (Å²) in [5.74, 6) is 1.00. The van der Waals surface area contributed by atoms with Crippen LogP contribution in [-0.4, -0.2) is 29.0 Å². The molecular weight excluding hydrogens is 352 g/mol. The molecule has 0 spiro atoms. The van der Waals surface area contributed by atoms with Crippen LogP contribution in [0.5, 0.6) is 5.75 Å². The molecule has 0 saturated heterocycles. The van der Waals surface area contributed by atoms with E-state index in [2.05, 4.69) is 28.3 Å². The van der Waals surface area contributed by atoms with Crippen LogP contribution < -0.4 is 15.0 Å². The Morgan fingerprint density at radius 3 is 2.79 bits per heavy atom. The summed E-state index contributed by atoms with van der Waals surface area (Å²) < 4.78 is 5.25. The molecule has 1 unspecified atom stereocenters. The number of carbonyl (C=O) groups excluding carboxylic acids is 1. The lowest BCUT2D eigenvalue weighted by Gasteiger charge is -2.22. The van der Waals surface area contributed by atoms with Crippen molar-refractivity contribution < 1.29 is 9.53 Å². The van der Waals surface area contributed by atoms with Gasteiger partial charge in [0.05, 0.1) is 7.11 Å². The summed E-state index contributed by atoms with van der Waals surface area (Å²) in [5, 5.41) is 3.16. The summed E-state index contributed by atoms with van der Waals surface area (Å²) in [4.78, 5) is 24.0. The van der Waals surface area contributed by atoms with E-state index in [0.29, 0.717) is 11.6 Å². The number of hydrogen-bond donors (Lipinski definition) is 1. The van der Waals surface area contributed by atoms with Gasteiger partial charge in [0.25, 0.3) is 5.91 Å². The second-order valence-electron chi connectivity index (χ2n) is 6.93. The van der Waals surface area contributed by atoms with Crippen LogP contribution in [0.1, 0.15) is 28.7 Å². The maximum absolute atomic E-state index is 13.3. The van der Waals surface area contributed by atoms with Crippen LogP contribution >= 0.6 is 0 Å². The number of hydrogen-bond acceptors (Lipinski definition) is 5. The quantitative estimate of drug-likeness (QED) is 0.744. The molecule has 1 N–H and O–H groups in total. The number of aryl methyl sites for hydroxylation is 1. The number of rotatable bonds is 4. The molecule has 1 aliphatic heterocycles. The first-order valence-electron chi connectivity index (χ1n) is 9.23. The number of aromatic nitrogens is 2. The first kappa shape index (κ1) is 18.0. The standard InChI is InChI=1S/C22H22N4O2/c1-14-11-19(21(27)26-15(2)12-16-7-4-5-10-20(16)26)25-22(23-14)24-17-8-6-9-18(13-17)28-3/h4-11,13,15H,12H2,1-3H3,(H,23,24,25). The normalized spacial score (nSPS) is 15.2. The highest BCUT2D eigenvalue weighted by atomic mass is 16.5. The molecule has 0 bridgehead atoms. The third-order valence-electron chi connectivity index (χ3n) is 4.83. The van der Waals surface area contributed by atoms with E-state index < -0.39 is 0 Å². The fourth-order valence-corrected chi connectivity index (χ4v) is 3.56. The minimum absolute atomic E-state index is 0.0926. The van der Waals surface area contributed by atoms with Crippen molar-refractivity contribution in [2.24, 2.45) is 0 Å². The lowest BCUT2D eigenvalue weighted by molar-refractivity contribution is 0.0976. The molecule has 1 amide bonds. The van der Waals surface area contributed by atoms with E-state index in [4.69, 9.17) is 4.74 Å². The highest BCUT2D eigenvalue weighted by Gasteiger charge is 2.32. The van der Waals surface area contributed by atoms with Gasteiger partial charge in [0.1, 0.15) is 11.4 Å². The van der Waals surface area contributed by atoms with E-state index in [-0.39, 0.29) is 11.9 Å². The second kappa shape index (κ2) is 7.31. The summed E-state index contributed by atoms with van der Waals surface area (Å²) in [6.07, 6.45) is 0.848. The molecule has 0 fully saturated rings. The number of nitrogens with zero attached hydrogens (tertiary/aromatic N) is 3. The van der Waals surface area contributed by atoms with E-state index in [1.165, 1.54) is 5.56 Å². The second-order valence-corrected chi connectivity index (χ2v) is 6.93. The summed E-state index contributed by atoms with van der Waals surface area (Å²) in [6, 6.07) is 17.3. The number of para-hydroxylation sites is 1. The van der Waals surface area contributed by atoms with Crippen LogP contribution in [0.4, 0.5) is 17.3 Å². The third kappa shape index (κ3) is 3.41. The highest BCUT2D eigenvalue weighted by Crippen LogP contribution is 2.33. The van der Waals surface area contributed by atoms with Crippen LogP contribution in [0.25, 0.3) is 0 Å². The van der Waals surface area contributed by atoms with Gasteiger partial charge in [0.15, 0.2) is 0 Å². The number of nitrogens with one attached hydrogen (secondary N) is 1. The number of amides is 1. The Hall–Kier alpha value is -3.41. The van der Waals surface area contributed by atoms with Crippen molar-refractivity contribution in [2.45, 2.75) is 26.3 Å². The monoisotopic (exact) mass is 374 g/mol. The number of benzene rings is 2. The molecule has 4 rings (SSSR count). The number of fused-ring (bicyclic) bond motifs is 1. The zero-order chi connectivity index (χ0) is 19.7. The highest BCUT2D eigenvalue weighted by molar-refractivity contribution is 6.06. The topological polar surface area (TPSA) is 67.3 Å². The summed E-state index contributed by atoms with van der Waals surface area (Å²) in [7, 11) is 1.62. The Bertz CT molecular complexity index is 1030. The minimum Gasteiger partial charge on any atom is -0.497 e. The van der Waals surface area contributed by atoms with Gasteiger partial charge < -0.3 is 15.0 Å². The number of ether oxygens (including phenoxy) is 1. The van der Waals surface area contributed by atoms with Gasteiger partial charge >= 0.3 is 0 Å². The molecule has 0 saturated carbocycles. The smallest absolute Gasteiger partial charge is 0.277 e. The molecule has 0 radical (unpaired) electrons. The van der Waals surface area contributed by atoms with Crippen molar-refractivity contribution in [1.82, 2.24) is 9.97 Å². The molecule has 2 aromatic carbocycles. The van der Waals surface area contributed by atoms with Gasteiger partial charge in [-0.3, -0.25) is 4.79 Å². The Balaban J connectivity index is 1.64. The maximum atomic E-state index is 13.3. The van der Waals surface area contributed by atoms with Crippen LogP contribution in [0, 0.1) is 6.92 Å². The van der Waals surface area contributed by atoms with Gasteiger partial charge in [-0.15, -0.1) is 0 Å². The van der Waals surface area contributed by atoms with Crippen molar-refractivity contribution in [3.8, 4) is 5.75 Å². The van der Waals surface area contributed by atoms with Gasteiger partial charge in [-0.25, -0.2) is 9.97 Å². The number of carbonyl (C=O) groups is 1. The van der Waals surface area contributed by atoms with Crippen molar-refractivity contribution in [3.05, 3.63) is 71.5 Å². The van der Waals surface area contributed by atoms with E-state index in [0.717, 1.165) is 29.2 Å². The van der Waals surface area contributed by atoms with E-state index in [1.807, 2.05) is 54.3 Å². The van der Waals surface area contributed by atoms with Gasteiger partial charge in [-0.05, 0) is 50.1 Å². The van der Waals surface area contributed by atoms with Crippen molar-refractivity contribution in [1.29, 1.82) is 0 Å². The summed E-state index contributed by atoms with van der Waals surface area (Å²) >= 11 is 0. The molecule has 0 aliphatic carbocycles. The van der Waals surface area contributed by atoms with Crippen LogP contribution in [0.3, 0.4) is 0 Å². The predicted molar refractivity (Wildman–Crippen MR) is 109 cm³/mol. The molecule has 3 aromatic rings. The fourth-order valence-electron chi connectivity index (χ4n) is 3.56. The lowest BCUT2D eigenvalue weighted by Crippen LogP contribution is -2.36. The molecule has 6 heteroatoms. The lowest BCUT2D eigenvalue weighted by atomic mass is 10.1. The van der Waals surface area contributed by atoms with Crippen LogP contribution in [0.15, 0.2) is 54.6 Å². The van der Waals surface area contributed by atoms with Crippen LogP contribution in [-0.2, 0) is 6.42 Å². The zero-order valence-corrected chi connectivity index (χ0v) is 16.1. The van der Waals surface area contributed by atoms with Crippen molar-refractivity contribution >= 4 is 23.2 Å². The molecule has 1 atom stereocenters. The number of methoxy groups -OCH3 is 1. The fraction of sp³-hybridized carbons (Fsp3) is 0.227. The molecular formula is C22H22N4O2. The Labute approximate surface area is 164 Å². The zero-order valence-electron chi connectivity index (χ0n) is 16.1. The Morgan fingerprint density at radius 2 is 1.96 bits per heavy atom. The molecule has 1 aliphatic rings. The summed E-state index contributed by atoms with van der Waals surface area (Å²) in [5.41, 5.74) is 4.04. The molecule has 28 heavy (non-hydrogen) atoms. The average Bonchev–Trinajstić information content (AvgIpc) is 3.02. The van der Waals surface area contributed by atoms with Gasteiger partial charge in [0.2, 0.25) is 5.95 Å². The van der Waals surface area contributed by atoms with Crippen LogP contribution in [0.2, 0.25) is 0 Å². The molecule has 2 heterocycles. The van der Waals surface area contributed by atoms with Gasteiger partial charge in [0, 0.05) is 29.2 Å². The van der Waals surface area contributed by atoms with E-state index in [9.17, 15) is 4.79 Å². The number of anilines is 3. The largest absolute Gasteiger partial charge is 0.497 e. The van der Waals surface area contributed by atoms with Gasteiger partial charge in [-0.2, -0.15) is 0 Å². The molecule has 6 nitrogen and oxygen atoms in total. The summed E-state index contributed by atoms with van der Waals surface area (Å²) in [6.45, 7) is 3.91. The predicted octanol–water partition coefficient (Wildman–Crippen LogP) is 4.13. The Kier molecular flexibility index (Phi) is 4.69. The van der Waals surface area contributed by atoms with Gasteiger partial charge in [-0.1, -0.05) is 24.3 Å². The van der Waals surface area contributed by atoms with Crippen molar-refractivity contribution in [2.75, 3.05) is 17.3 Å². The Morgan fingerprint density at radius 1 is 1.14 bits per heavy atom. The first-order valence-corrected chi connectivity index (χ1v) is 9.23. The molecule has 1 aromatic heterocycles. The minimum atomic E-state index is -0.114.